The highest BCUT2D eigenvalue weighted by atomic mass is 19.1. The van der Waals surface area contributed by atoms with Crippen molar-refractivity contribution < 1.29 is 13.9 Å². The van der Waals surface area contributed by atoms with Gasteiger partial charge in [-0.15, -0.1) is 0 Å². The Morgan fingerprint density at radius 3 is 2.60 bits per heavy atom. The van der Waals surface area contributed by atoms with Crippen molar-refractivity contribution in [1.82, 2.24) is 5.32 Å². The maximum atomic E-state index is 14.1. The summed E-state index contributed by atoms with van der Waals surface area (Å²) in [5.74, 6) is -1.00. The van der Waals surface area contributed by atoms with Gasteiger partial charge in [-0.3, -0.25) is 4.79 Å². The Morgan fingerprint density at radius 2 is 1.88 bits per heavy atom. The predicted molar refractivity (Wildman–Crippen MR) is 96.2 cm³/mol. The molecule has 3 N–H and O–H groups in total. The van der Waals surface area contributed by atoms with E-state index in [2.05, 4.69) is 5.32 Å². The molecule has 3 aromatic rings. The highest BCUT2D eigenvalue weighted by Gasteiger charge is 2.21. The van der Waals surface area contributed by atoms with E-state index in [9.17, 15) is 9.18 Å². The smallest absolute Gasteiger partial charge is 0.258 e. The van der Waals surface area contributed by atoms with Gasteiger partial charge < -0.3 is 15.8 Å². The molecule has 1 atom stereocenters. The molecule has 0 bridgehead atoms. The molecule has 0 aromatic heterocycles. The Hall–Kier alpha value is -2.92. The maximum Gasteiger partial charge on any atom is 0.258 e. The van der Waals surface area contributed by atoms with Gasteiger partial charge in [-0.05, 0) is 34.5 Å². The summed E-state index contributed by atoms with van der Waals surface area (Å²) in [5.41, 5.74) is 6.59. The van der Waals surface area contributed by atoms with Gasteiger partial charge in [-0.25, -0.2) is 4.39 Å². The van der Waals surface area contributed by atoms with Crippen LogP contribution in [0.5, 0.6) is 5.75 Å². The second kappa shape index (κ2) is 7.32. The molecule has 0 heterocycles. The molecule has 0 fully saturated rings. The summed E-state index contributed by atoms with van der Waals surface area (Å²) >= 11 is 0. The molecule has 0 aliphatic rings. The largest absolute Gasteiger partial charge is 0.496 e. The van der Waals surface area contributed by atoms with Gasteiger partial charge >= 0.3 is 0 Å². The van der Waals surface area contributed by atoms with E-state index in [0.29, 0.717) is 0 Å². The fraction of sp³-hybridized carbons (Fsp3) is 0.150. The van der Waals surface area contributed by atoms with Crippen molar-refractivity contribution in [1.29, 1.82) is 0 Å². The zero-order chi connectivity index (χ0) is 17.8. The molecule has 5 heteroatoms. The zero-order valence-corrected chi connectivity index (χ0v) is 13.8. The number of ether oxygens (including phenoxy) is 1. The molecule has 0 spiro atoms. The van der Waals surface area contributed by atoms with Crippen molar-refractivity contribution in [2.45, 2.75) is 6.04 Å². The number of carbonyl (C=O) groups excluding carboxylic acids is 1. The van der Waals surface area contributed by atoms with Crippen LogP contribution < -0.4 is 15.8 Å². The van der Waals surface area contributed by atoms with E-state index in [1.807, 2.05) is 42.5 Å². The monoisotopic (exact) mass is 338 g/mol. The number of hydrogen-bond donors (Lipinski definition) is 2. The lowest BCUT2D eigenvalue weighted by Crippen LogP contribution is -2.34. The Bertz CT molecular complexity index is 911. The van der Waals surface area contributed by atoms with Crippen LogP contribution in [0, 0.1) is 5.82 Å². The molecule has 0 aliphatic heterocycles. The second-order valence-corrected chi connectivity index (χ2v) is 5.69. The van der Waals surface area contributed by atoms with Crippen LogP contribution in [0.1, 0.15) is 22.0 Å². The average Bonchev–Trinajstić information content (AvgIpc) is 2.65. The molecule has 0 saturated heterocycles. The fourth-order valence-electron chi connectivity index (χ4n) is 2.83. The van der Waals surface area contributed by atoms with E-state index in [-0.39, 0.29) is 17.9 Å². The van der Waals surface area contributed by atoms with Gasteiger partial charge in [-0.2, -0.15) is 0 Å². The highest BCUT2D eigenvalue weighted by molar-refractivity contribution is 5.97. The quantitative estimate of drug-likeness (QED) is 0.749. The number of rotatable bonds is 5. The number of nitrogens with two attached hydrogens (primary N) is 1. The van der Waals surface area contributed by atoms with Crippen molar-refractivity contribution in [2.24, 2.45) is 5.73 Å². The van der Waals surface area contributed by atoms with E-state index >= 15 is 0 Å². The molecular weight excluding hydrogens is 319 g/mol. The number of nitrogens with one attached hydrogen (secondary N) is 1. The molecule has 1 unspecified atom stereocenters. The fourth-order valence-corrected chi connectivity index (χ4v) is 2.83. The predicted octanol–water partition coefficient (Wildman–Crippen LogP) is 3.42. The summed E-state index contributed by atoms with van der Waals surface area (Å²) in [6.45, 7) is 0.195. The summed E-state index contributed by atoms with van der Waals surface area (Å²) in [4.78, 5) is 12.6. The Balaban J connectivity index is 1.90. The van der Waals surface area contributed by atoms with Gasteiger partial charge in [-0.1, -0.05) is 42.5 Å². The van der Waals surface area contributed by atoms with Crippen LogP contribution in [-0.4, -0.2) is 19.6 Å². The highest BCUT2D eigenvalue weighted by Crippen LogP contribution is 2.24. The summed E-state index contributed by atoms with van der Waals surface area (Å²) < 4.78 is 19.2. The van der Waals surface area contributed by atoms with E-state index in [4.69, 9.17) is 10.5 Å². The molecule has 4 nitrogen and oxygen atoms in total. The third-order valence-corrected chi connectivity index (χ3v) is 4.14. The molecule has 0 saturated carbocycles. The van der Waals surface area contributed by atoms with Gasteiger partial charge in [0.05, 0.1) is 13.2 Å². The minimum absolute atomic E-state index is 0.121. The summed E-state index contributed by atoms with van der Waals surface area (Å²) in [6, 6.07) is 17.6. The minimum Gasteiger partial charge on any atom is -0.496 e. The van der Waals surface area contributed by atoms with Crippen molar-refractivity contribution >= 4 is 16.7 Å². The normalized spacial score (nSPS) is 12.0. The van der Waals surface area contributed by atoms with E-state index < -0.39 is 17.8 Å². The van der Waals surface area contributed by atoms with E-state index in [1.165, 1.54) is 19.2 Å². The van der Waals surface area contributed by atoms with Crippen molar-refractivity contribution in [3.8, 4) is 5.75 Å². The van der Waals surface area contributed by atoms with Crippen LogP contribution in [0.15, 0.2) is 60.7 Å². The van der Waals surface area contributed by atoms with Gasteiger partial charge in [0, 0.05) is 6.54 Å². The van der Waals surface area contributed by atoms with Gasteiger partial charge in [0.15, 0.2) is 0 Å². The molecule has 25 heavy (non-hydrogen) atoms. The number of fused-ring (bicyclic) bond motifs is 1. The lowest BCUT2D eigenvalue weighted by atomic mass is 10.0. The van der Waals surface area contributed by atoms with Gasteiger partial charge in [0.1, 0.15) is 17.1 Å². The number of carbonyl (C=O) groups is 1. The van der Waals surface area contributed by atoms with Crippen LogP contribution in [0.2, 0.25) is 0 Å². The van der Waals surface area contributed by atoms with Crippen molar-refractivity contribution in [3.05, 3.63) is 77.6 Å². The van der Waals surface area contributed by atoms with Crippen molar-refractivity contribution in [2.75, 3.05) is 13.7 Å². The van der Waals surface area contributed by atoms with Crippen LogP contribution in [-0.2, 0) is 0 Å². The third kappa shape index (κ3) is 3.46. The Kier molecular flexibility index (Phi) is 4.95. The Labute approximate surface area is 145 Å². The van der Waals surface area contributed by atoms with Crippen LogP contribution in [0.25, 0.3) is 10.8 Å². The lowest BCUT2D eigenvalue weighted by Gasteiger charge is -2.19. The SMILES string of the molecule is COc1cccc(F)c1C(=O)NC(CN)c1ccc2ccccc2c1. The standard InChI is InChI=1S/C20H19FN2O2/c1-25-18-8-4-7-16(21)19(18)20(24)23-17(12-22)15-10-9-13-5-2-3-6-14(13)11-15/h2-11,17H,12,22H2,1H3,(H,23,24). The molecule has 0 aliphatic carbocycles. The minimum atomic E-state index is -0.633. The second-order valence-electron chi connectivity index (χ2n) is 5.69. The topological polar surface area (TPSA) is 64.3 Å². The van der Waals surface area contributed by atoms with E-state index in [1.54, 1.807) is 6.07 Å². The summed E-state index contributed by atoms with van der Waals surface area (Å²) in [5, 5.41) is 4.95. The Morgan fingerprint density at radius 1 is 1.12 bits per heavy atom. The first-order chi connectivity index (χ1) is 12.1. The number of amides is 1. The molecule has 3 rings (SSSR count). The van der Waals surface area contributed by atoms with Gasteiger partial charge in [0.2, 0.25) is 0 Å². The first-order valence-corrected chi connectivity index (χ1v) is 7.96. The van der Waals surface area contributed by atoms with Crippen LogP contribution in [0.3, 0.4) is 0 Å². The number of halogens is 1. The third-order valence-electron chi connectivity index (χ3n) is 4.14. The molecule has 0 radical (unpaired) electrons. The lowest BCUT2D eigenvalue weighted by molar-refractivity contribution is 0.0930. The van der Waals surface area contributed by atoms with Gasteiger partial charge in [0.25, 0.3) is 5.91 Å². The number of hydrogen-bond acceptors (Lipinski definition) is 3. The zero-order valence-electron chi connectivity index (χ0n) is 13.8. The van der Waals surface area contributed by atoms with Crippen LogP contribution >= 0.6 is 0 Å². The summed E-state index contributed by atoms with van der Waals surface area (Å²) in [7, 11) is 1.40. The number of methoxy groups -OCH3 is 1. The first kappa shape index (κ1) is 16.9. The van der Waals surface area contributed by atoms with Crippen LogP contribution in [0.4, 0.5) is 4.39 Å². The molecule has 3 aromatic carbocycles. The van der Waals surface area contributed by atoms with E-state index in [0.717, 1.165) is 16.3 Å². The number of benzene rings is 3. The van der Waals surface area contributed by atoms with Crippen molar-refractivity contribution in [3.63, 3.8) is 0 Å². The molecule has 1 amide bonds. The first-order valence-electron chi connectivity index (χ1n) is 7.96. The summed E-state index contributed by atoms with van der Waals surface area (Å²) in [6.07, 6.45) is 0. The molecular formula is C20H19FN2O2. The average molecular weight is 338 g/mol. The maximum absolute atomic E-state index is 14.1. The molecule has 128 valence electrons.